The van der Waals surface area contributed by atoms with E-state index in [0.29, 0.717) is 22.3 Å². The number of nitrogens with one attached hydrogen (secondary N) is 1. The maximum absolute atomic E-state index is 8.69. The van der Waals surface area contributed by atoms with Crippen LogP contribution in [0.5, 0.6) is 0 Å². The summed E-state index contributed by atoms with van der Waals surface area (Å²) in [5, 5.41) is 11.8. The van der Waals surface area contributed by atoms with Gasteiger partial charge in [0.05, 0.1) is 5.69 Å². The van der Waals surface area contributed by atoms with E-state index in [9.17, 15) is 0 Å². The van der Waals surface area contributed by atoms with Gasteiger partial charge in [-0.3, -0.25) is 5.32 Å². The Labute approximate surface area is 151 Å². The largest absolute Gasteiger partial charge is 0.436 e. The van der Waals surface area contributed by atoms with E-state index in [1.807, 2.05) is 54.9 Å². The number of thioether (sulfide) groups is 1. The summed E-state index contributed by atoms with van der Waals surface area (Å²) in [6, 6.07) is 13.5. The highest BCUT2D eigenvalue weighted by atomic mass is 127. The van der Waals surface area contributed by atoms with Gasteiger partial charge in [-0.05, 0) is 65.2 Å². The molecule has 0 aliphatic heterocycles. The van der Waals surface area contributed by atoms with Crippen molar-refractivity contribution in [3.05, 3.63) is 46.0 Å². The summed E-state index contributed by atoms with van der Waals surface area (Å²) in [6.07, 6.45) is 3.72. The minimum Gasteiger partial charge on any atom is -0.436 e. The summed E-state index contributed by atoms with van der Waals surface area (Å²) in [5.74, 6) is 0.583. The van der Waals surface area contributed by atoms with E-state index in [-0.39, 0.29) is 0 Å². The number of benzene rings is 2. The fraction of sp³-hybridized carbons (Fsp3) is 0.0625. The van der Waals surface area contributed by atoms with E-state index < -0.39 is 0 Å². The average Bonchev–Trinajstić information content (AvgIpc) is 2.97. The molecule has 3 rings (SSSR count). The molecule has 0 spiro atoms. The van der Waals surface area contributed by atoms with Crippen LogP contribution in [0.25, 0.3) is 22.6 Å². The number of nitrogens with zero attached hydrogens (tertiary/aromatic N) is 3. The van der Waals surface area contributed by atoms with Crippen LogP contribution in [0.1, 0.15) is 0 Å². The molecule has 0 unspecified atom stereocenters. The van der Waals surface area contributed by atoms with Crippen LogP contribution >= 0.6 is 34.4 Å². The van der Waals surface area contributed by atoms with Gasteiger partial charge in [0.1, 0.15) is 5.52 Å². The molecule has 2 aromatic carbocycles. The van der Waals surface area contributed by atoms with Crippen LogP contribution in [0, 0.1) is 15.0 Å². The number of hydrogen-bond acceptors (Lipinski definition) is 5. The quantitative estimate of drug-likeness (QED) is 0.211. The molecule has 5 nitrogen and oxygen atoms in total. The SMILES string of the molecule is CSC(=Nc1ccc2oc(-c3cccc(I)c3)nc2c1)NC#N. The van der Waals surface area contributed by atoms with Crippen LogP contribution in [0.3, 0.4) is 0 Å². The number of nitriles is 1. The standard InChI is InChI=1S/C16H11IN4OS/c1-23-16(19-9-18)20-12-5-6-14-13(8-12)21-15(22-14)10-3-2-4-11(17)7-10/h2-8H,1H3,(H,19,20). The third-order valence-electron chi connectivity index (χ3n) is 3.03. The summed E-state index contributed by atoms with van der Waals surface area (Å²) in [4.78, 5) is 8.91. The molecule has 3 aromatic rings. The summed E-state index contributed by atoms with van der Waals surface area (Å²) in [7, 11) is 0. The van der Waals surface area contributed by atoms with E-state index in [1.54, 1.807) is 0 Å². The molecule has 0 aliphatic rings. The first-order chi connectivity index (χ1) is 11.2. The molecule has 0 atom stereocenters. The fourth-order valence-electron chi connectivity index (χ4n) is 2.02. The number of rotatable bonds is 2. The van der Waals surface area contributed by atoms with Crippen molar-refractivity contribution < 1.29 is 4.42 Å². The van der Waals surface area contributed by atoms with Crippen LogP contribution in [-0.2, 0) is 0 Å². The predicted octanol–water partition coefficient (Wildman–Crippen LogP) is 4.52. The Morgan fingerprint density at radius 3 is 2.96 bits per heavy atom. The van der Waals surface area contributed by atoms with E-state index in [4.69, 9.17) is 9.68 Å². The van der Waals surface area contributed by atoms with E-state index in [2.05, 4.69) is 37.9 Å². The smallest absolute Gasteiger partial charge is 0.227 e. The van der Waals surface area contributed by atoms with Gasteiger partial charge < -0.3 is 4.42 Å². The molecule has 114 valence electrons. The Morgan fingerprint density at radius 1 is 1.35 bits per heavy atom. The molecule has 0 aliphatic carbocycles. The van der Waals surface area contributed by atoms with Gasteiger partial charge in [-0.15, -0.1) is 0 Å². The molecule has 0 radical (unpaired) electrons. The first-order valence-corrected chi connectivity index (χ1v) is 8.94. The number of amidine groups is 1. The molecular formula is C16H11IN4OS. The lowest BCUT2D eigenvalue weighted by molar-refractivity contribution is 0.620. The maximum Gasteiger partial charge on any atom is 0.227 e. The van der Waals surface area contributed by atoms with Crippen molar-refractivity contribution in [2.75, 3.05) is 6.26 Å². The number of halogens is 1. The first-order valence-electron chi connectivity index (χ1n) is 6.64. The highest BCUT2D eigenvalue weighted by molar-refractivity contribution is 14.1. The van der Waals surface area contributed by atoms with Gasteiger partial charge >= 0.3 is 0 Å². The lowest BCUT2D eigenvalue weighted by atomic mass is 10.2. The van der Waals surface area contributed by atoms with E-state index in [0.717, 1.165) is 14.7 Å². The molecule has 0 amide bonds. The van der Waals surface area contributed by atoms with Crippen LogP contribution in [-0.4, -0.2) is 16.4 Å². The zero-order valence-corrected chi connectivity index (χ0v) is 15.1. The first kappa shape index (κ1) is 15.8. The number of aliphatic imine (C=N–C) groups is 1. The van der Waals surface area contributed by atoms with Crippen molar-refractivity contribution in [2.45, 2.75) is 0 Å². The van der Waals surface area contributed by atoms with Crippen molar-refractivity contribution in [3.63, 3.8) is 0 Å². The van der Waals surface area contributed by atoms with Crippen molar-refractivity contribution in [2.24, 2.45) is 4.99 Å². The minimum absolute atomic E-state index is 0.535. The zero-order valence-electron chi connectivity index (χ0n) is 12.1. The second-order valence-electron chi connectivity index (χ2n) is 4.54. The second kappa shape index (κ2) is 7.02. The van der Waals surface area contributed by atoms with Gasteiger partial charge in [-0.25, -0.2) is 9.98 Å². The molecule has 7 heteroatoms. The van der Waals surface area contributed by atoms with Gasteiger partial charge in [-0.1, -0.05) is 17.8 Å². The summed E-state index contributed by atoms with van der Waals surface area (Å²) in [5.41, 5.74) is 3.09. The Morgan fingerprint density at radius 2 is 2.22 bits per heavy atom. The van der Waals surface area contributed by atoms with Crippen LogP contribution < -0.4 is 5.32 Å². The fourth-order valence-corrected chi connectivity index (χ4v) is 2.91. The van der Waals surface area contributed by atoms with Gasteiger partial charge in [0.25, 0.3) is 0 Å². The Balaban J connectivity index is 2.00. The molecule has 0 saturated heterocycles. The summed E-state index contributed by atoms with van der Waals surface area (Å²) >= 11 is 3.63. The minimum atomic E-state index is 0.535. The number of fused-ring (bicyclic) bond motifs is 1. The monoisotopic (exact) mass is 434 g/mol. The van der Waals surface area contributed by atoms with Crippen molar-refractivity contribution >= 4 is 56.3 Å². The average molecular weight is 434 g/mol. The predicted molar refractivity (Wildman–Crippen MR) is 102 cm³/mol. The zero-order chi connectivity index (χ0) is 16.2. The van der Waals surface area contributed by atoms with Gasteiger partial charge in [0.2, 0.25) is 5.89 Å². The van der Waals surface area contributed by atoms with Gasteiger partial charge in [0.15, 0.2) is 16.9 Å². The van der Waals surface area contributed by atoms with Gasteiger partial charge in [-0.2, -0.15) is 5.26 Å². The molecule has 1 N–H and O–H groups in total. The number of aromatic nitrogens is 1. The Kier molecular flexibility index (Phi) is 4.83. The normalized spacial score (nSPS) is 11.4. The van der Waals surface area contributed by atoms with E-state index >= 15 is 0 Å². The number of hydrogen-bond donors (Lipinski definition) is 1. The maximum atomic E-state index is 8.69. The number of oxazole rings is 1. The molecule has 0 saturated carbocycles. The Bertz CT molecular complexity index is 929. The Hall–Kier alpha value is -2.05. The highest BCUT2D eigenvalue weighted by Crippen LogP contribution is 2.28. The van der Waals surface area contributed by atoms with Crippen LogP contribution in [0.15, 0.2) is 51.9 Å². The molecule has 23 heavy (non-hydrogen) atoms. The van der Waals surface area contributed by atoms with Crippen LogP contribution in [0.4, 0.5) is 5.69 Å². The summed E-state index contributed by atoms with van der Waals surface area (Å²) in [6.45, 7) is 0. The van der Waals surface area contributed by atoms with Crippen molar-refractivity contribution in [1.82, 2.24) is 10.3 Å². The third kappa shape index (κ3) is 3.65. The molecule has 0 bridgehead atoms. The second-order valence-corrected chi connectivity index (χ2v) is 6.58. The highest BCUT2D eigenvalue weighted by Gasteiger charge is 2.09. The molecule has 1 aromatic heterocycles. The third-order valence-corrected chi connectivity index (χ3v) is 4.28. The van der Waals surface area contributed by atoms with Crippen LogP contribution in [0.2, 0.25) is 0 Å². The summed E-state index contributed by atoms with van der Waals surface area (Å²) < 4.78 is 6.93. The van der Waals surface area contributed by atoms with Gasteiger partial charge in [0, 0.05) is 9.13 Å². The lowest BCUT2D eigenvalue weighted by Gasteiger charge is -1.98. The topological polar surface area (TPSA) is 74.2 Å². The van der Waals surface area contributed by atoms with Crippen molar-refractivity contribution in [1.29, 1.82) is 5.26 Å². The molecule has 1 heterocycles. The molecule has 0 fully saturated rings. The molecular weight excluding hydrogens is 423 g/mol. The van der Waals surface area contributed by atoms with Crippen molar-refractivity contribution in [3.8, 4) is 17.6 Å². The van der Waals surface area contributed by atoms with E-state index in [1.165, 1.54) is 11.8 Å². The lowest BCUT2D eigenvalue weighted by Crippen LogP contribution is -2.12.